The van der Waals surface area contributed by atoms with Crippen LogP contribution < -0.4 is 4.72 Å². The van der Waals surface area contributed by atoms with E-state index in [9.17, 15) is 13.2 Å². The zero-order chi connectivity index (χ0) is 14.0. The average molecular weight is 278 g/mol. The summed E-state index contributed by atoms with van der Waals surface area (Å²) in [6.45, 7) is 7.89. The summed E-state index contributed by atoms with van der Waals surface area (Å²) in [7, 11) is -3.22. The summed E-state index contributed by atoms with van der Waals surface area (Å²) in [5.41, 5.74) is -0.530. The Balaban J connectivity index is 2.49. The minimum Gasteiger partial charge on any atom is -0.444 e. The van der Waals surface area contributed by atoms with E-state index < -0.39 is 15.6 Å². The van der Waals surface area contributed by atoms with Crippen molar-refractivity contribution >= 4 is 16.1 Å². The molecular weight excluding hydrogens is 256 g/mol. The van der Waals surface area contributed by atoms with E-state index in [4.69, 9.17) is 4.74 Å². The molecule has 0 bridgehead atoms. The van der Waals surface area contributed by atoms with Crippen LogP contribution in [0.1, 0.15) is 34.1 Å². The molecule has 1 atom stereocenters. The Labute approximate surface area is 109 Å². The van der Waals surface area contributed by atoms with Crippen LogP contribution in [0.3, 0.4) is 0 Å². The van der Waals surface area contributed by atoms with Gasteiger partial charge in [-0.05, 0) is 34.1 Å². The minimum atomic E-state index is -3.22. The molecule has 6 nitrogen and oxygen atoms in total. The second-order valence-corrected chi connectivity index (χ2v) is 7.48. The van der Waals surface area contributed by atoms with Crippen LogP contribution in [-0.4, -0.2) is 49.9 Å². The fourth-order valence-corrected chi connectivity index (χ4v) is 2.55. The Bertz CT molecular complexity index is 400. The zero-order valence-electron chi connectivity index (χ0n) is 11.4. The van der Waals surface area contributed by atoms with Gasteiger partial charge in [-0.3, -0.25) is 0 Å². The molecule has 0 saturated carbocycles. The topological polar surface area (TPSA) is 75.7 Å². The third-order valence-corrected chi connectivity index (χ3v) is 4.02. The highest BCUT2D eigenvalue weighted by Crippen LogP contribution is 2.15. The lowest BCUT2D eigenvalue weighted by Gasteiger charge is -2.24. The maximum atomic E-state index is 11.8. The molecule has 0 spiro atoms. The fourth-order valence-electron chi connectivity index (χ4n) is 1.69. The van der Waals surface area contributed by atoms with Gasteiger partial charge in [0, 0.05) is 19.1 Å². The van der Waals surface area contributed by atoms with Gasteiger partial charge in [-0.25, -0.2) is 17.9 Å². The first-order chi connectivity index (χ1) is 8.13. The van der Waals surface area contributed by atoms with E-state index in [1.807, 2.05) is 0 Å². The van der Waals surface area contributed by atoms with E-state index in [1.165, 1.54) is 4.90 Å². The van der Waals surface area contributed by atoms with E-state index >= 15 is 0 Å². The van der Waals surface area contributed by atoms with Gasteiger partial charge in [0.1, 0.15) is 5.60 Å². The number of rotatable bonds is 3. The number of amides is 1. The molecule has 1 heterocycles. The minimum absolute atomic E-state index is 0.0515. The van der Waals surface area contributed by atoms with Crippen molar-refractivity contribution in [2.75, 3.05) is 18.8 Å². The largest absolute Gasteiger partial charge is 0.444 e. The Hall–Kier alpha value is -0.820. The van der Waals surface area contributed by atoms with Gasteiger partial charge >= 0.3 is 6.09 Å². The molecule has 0 unspecified atom stereocenters. The predicted octanol–water partition coefficient (Wildman–Crippen LogP) is 0.935. The van der Waals surface area contributed by atoms with Gasteiger partial charge in [0.15, 0.2) is 0 Å². The van der Waals surface area contributed by atoms with Crippen LogP contribution in [0.5, 0.6) is 0 Å². The van der Waals surface area contributed by atoms with Gasteiger partial charge in [0.2, 0.25) is 10.0 Å². The number of nitrogens with one attached hydrogen (secondary N) is 1. The molecule has 0 aliphatic carbocycles. The molecule has 0 radical (unpaired) electrons. The van der Waals surface area contributed by atoms with Crippen molar-refractivity contribution in [3.63, 3.8) is 0 Å². The molecule has 1 rings (SSSR count). The van der Waals surface area contributed by atoms with Gasteiger partial charge in [0.05, 0.1) is 5.75 Å². The fraction of sp³-hybridized carbons (Fsp3) is 0.909. The SMILES string of the molecule is CCS(=O)(=O)N[C@@H]1CCN(C(=O)OC(C)(C)C)C1. The molecule has 1 fully saturated rings. The van der Waals surface area contributed by atoms with Crippen molar-refractivity contribution in [3.8, 4) is 0 Å². The summed E-state index contributed by atoms with van der Waals surface area (Å²) >= 11 is 0. The molecule has 7 heteroatoms. The number of carbonyl (C=O) groups excluding carboxylic acids is 1. The smallest absolute Gasteiger partial charge is 0.410 e. The Kier molecular flexibility index (Phi) is 4.61. The highest BCUT2D eigenvalue weighted by Gasteiger charge is 2.31. The third-order valence-electron chi connectivity index (χ3n) is 2.57. The van der Waals surface area contributed by atoms with Gasteiger partial charge in [-0.15, -0.1) is 0 Å². The predicted molar refractivity (Wildman–Crippen MR) is 68.8 cm³/mol. The second kappa shape index (κ2) is 5.44. The highest BCUT2D eigenvalue weighted by molar-refractivity contribution is 7.89. The summed E-state index contributed by atoms with van der Waals surface area (Å²) in [5.74, 6) is 0.0515. The summed E-state index contributed by atoms with van der Waals surface area (Å²) in [6, 6.07) is -0.206. The maximum absolute atomic E-state index is 11.8. The van der Waals surface area contributed by atoms with E-state index in [0.717, 1.165) is 0 Å². The lowest BCUT2D eigenvalue weighted by atomic mass is 10.2. The molecule has 0 aromatic heterocycles. The van der Waals surface area contributed by atoms with Crippen LogP contribution >= 0.6 is 0 Å². The Morgan fingerprint density at radius 3 is 2.56 bits per heavy atom. The quantitative estimate of drug-likeness (QED) is 0.833. The first-order valence-corrected chi connectivity index (χ1v) is 7.76. The van der Waals surface area contributed by atoms with Crippen LogP contribution in [0.4, 0.5) is 4.79 Å². The van der Waals surface area contributed by atoms with Crippen LogP contribution in [0, 0.1) is 0 Å². The van der Waals surface area contributed by atoms with Crippen LogP contribution in [0.25, 0.3) is 0 Å². The lowest BCUT2D eigenvalue weighted by molar-refractivity contribution is 0.0292. The molecular formula is C11H22N2O4S. The molecule has 18 heavy (non-hydrogen) atoms. The van der Waals surface area contributed by atoms with E-state index in [0.29, 0.717) is 19.5 Å². The molecule has 1 aliphatic heterocycles. The first-order valence-electron chi connectivity index (χ1n) is 6.11. The zero-order valence-corrected chi connectivity index (χ0v) is 12.2. The standard InChI is InChI=1S/C11H22N2O4S/c1-5-18(15,16)12-9-6-7-13(8-9)10(14)17-11(2,3)4/h9,12H,5-8H2,1-4H3/t9-/m1/s1. The van der Waals surface area contributed by atoms with E-state index in [2.05, 4.69) is 4.72 Å². The van der Waals surface area contributed by atoms with Crippen molar-refractivity contribution < 1.29 is 17.9 Å². The Morgan fingerprint density at radius 1 is 1.44 bits per heavy atom. The monoisotopic (exact) mass is 278 g/mol. The molecule has 1 amide bonds. The van der Waals surface area contributed by atoms with E-state index in [-0.39, 0.29) is 17.9 Å². The molecule has 0 aromatic carbocycles. The number of carbonyl (C=O) groups is 1. The summed E-state index contributed by atoms with van der Waals surface area (Å²) in [4.78, 5) is 13.3. The molecule has 0 aromatic rings. The maximum Gasteiger partial charge on any atom is 0.410 e. The number of hydrogen-bond acceptors (Lipinski definition) is 4. The normalized spacial score (nSPS) is 21.1. The summed E-state index contributed by atoms with van der Waals surface area (Å²) in [5, 5.41) is 0. The third kappa shape index (κ3) is 4.81. The van der Waals surface area contributed by atoms with Crippen molar-refractivity contribution in [2.45, 2.75) is 45.8 Å². The van der Waals surface area contributed by atoms with Crippen LogP contribution in [-0.2, 0) is 14.8 Å². The number of sulfonamides is 1. The van der Waals surface area contributed by atoms with Crippen molar-refractivity contribution in [1.82, 2.24) is 9.62 Å². The summed E-state index contributed by atoms with van der Waals surface area (Å²) < 4.78 is 30.6. The van der Waals surface area contributed by atoms with Crippen LogP contribution in [0.2, 0.25) is 0 Å². The van der Waals surface area contributed by atoms with Crippen molar-refractivity contribution in [3.05, 3.63) is 0 Å². The number of ether oxygens (including phenoxy) is 1. The highest BCUT2D eigenvalue weighted by atomic mass is 32.2. The van der Waals surface area contributed by atoms with Gasteiger partial charge in [0.25, 0.3) is 0 Å². The first kappa shape index (κ1) is 15.2. The molecule has 1 aliphatic rings. The van der Waals surface area contributed by atoms with Gasteiger partial charge in [-0.2, -0.15) is 0 Å². The molecule has 1 saturated heterocycles. The van der Waals surface area contributed by atoms with Gasteiger partial charge < -0.3 is 9.64 Å². The number of nitrogens with zero attached hydrogens (tertiary/aromatic N) is 1. The Morgan fingerprint density at radius 2 is 2.06 bits per heavy atom. The molecule has 106 valence electrons. The van der Waals surface area contributed by atoms with Gasteiger partial charge in [-0.1, -0.05) is 0 Å². The second-order valence-electron chi connectivity index (χ2n) is 5.43. The summed E-state index contributed by atoms with van der Waals surface area (Å²) in [6.07, 6.45) is 0.235. The average Bonchev–Trinajstić information content (AvgIpc) is 2.63. The lowest BCUT2D eigenvalue weighted by Crippen LogP contribution is -2.40. The number of likely N-dealkylation sites (tertiary alicyclic amines) is 1. The molecule has 1 N–H and O–H groups in total. The van der Waals surface area contributed by atoms with Crippen LogP contribution in [0.15, 0.2) is 0 Å². The van der Waals surface area contributed by atoms with Crippen molar-refractivity contribution in [1.29, 1.82) is 0 Å². The van der Waals surface area contributed by atoms with E-state index in [1.54, 1.807) is 27.7 Å². The van der Waals surface area contributed by atoms with Crippen molar-refractivity contribution in [2.24, 2.45) is 0 Å². The number of hydrogen-bond donors (Lipinski definition) is 1.